The first-order valence-corrected chi connectivity index (χ1v) is 13.2. The first-order valence-electron chi connectivity index (χ1n) is 13.2. The SMILES string of the molecule is O=c1[nH]c2cc3c(cc2cc1C(c1nnnn1CC1CCCO1)N1CCN(c2ccc(F)cc2)CC1)OCO3. The molecule has 3 aliphatic heterocycles. The Hall–Kier alpha value is -4.03. The van der Waals surface area contributed by atoms with Crippen LogP contribution in [0.4, 0.5) is 10.1 Å². The van der Waals surface area contributed by atoms with Gasteiger partial charge < -0.3 is 24.1 Å². The van der Waals surface area contributed by atoms with Crippen LogP contribution in [0.3, 0.4) is 0 Å². The lowest BCUT2D eigenvalue weighted by molar-refractivity contribution is 0.0906. The monoisotopic (exact) mass is 533 g/mol. The molecule has 39 heavy (non-hydrogen) atoms. The van der Waals surface area contributed by atoms with Gasteiger partial charge >= 0.3 is 0 Å². The van der Waals surface area contributed by atoms with Crippen molar-refractivity contribution < 1.29 is 18.6 Å². The lowest BCUT2D eigenvalue weighted by atomic mass is 10.0. The van der Waals surface area contributed by atoms with E-state index < -0.39 is 6.04 Å². The highest BCUT2D eigenvalue weighted by Gasteiger charge is 2.34. The number of nitrogens with one attached hydrogen (secondary N) is 1. The average molecular weight is 534 g/mol. The summed E-state index contributed by atoms with van der Waals surface area (Å²) >= 11 is 0. The van der Waals surface area contributed by atoms with Gasteiger partial charge in [0.1, 0.15) is 11.9 Å². The molecule has 2 aromatic heterocycles. The molecule has 202 valence electrons. The lowest BCUT2D eigenvalue weighted by Gasteiger charge is -2.39. The van der Waals surface area contributed by atoms with Gasteiger partial charge in [-0.15, -0.1) is 5.10 Å². The number of piperazine rings is 1. The second-order valence-corrected chi connectivity index (χ2v) is 10.1. The molecule has 5 heterocycles. The molecule has 2 unspecified atom stereocenters. The molecule has 2 atom stereocenters. The molecule has 0 spiro atoms. The lowest BCUT2D eigenvalue weighted by Crippen LogP contribution is -2.49. The molecule has 7 rings (SSSR count). The Labute approximate surface area is 223 Å². The summed E-state index contributed by atoms with van der Waals surface area (Å²) < 4.78 is 32.2. The molecule has 0 bridgehead atoms. The van der Waals surface area contributed by atoms with E-state index in [2.05, 4.69) is 30.3 Å². The van der Waals surface area contributed by atoms with Crippen molar-refractivity contribution >= 4 is 16.6 Å². The molecular formula is C27H28FN7O4. The Morgan fingerprint density at radius 2 is 1.85 bits per heavy atom. The van der Waals surface area contributed by atoms with E-state index >= 15 is 0 Å². The van der Waals surface area contributed by atoms with Crippen molar-refractivity contribution in [3.05, 3.63) is 70.0 Å². The van der Waals surface area contributed by atoms with Crippen molar-refractivity contribution in [3.63, 3.8) is 0 Å². The summed E-state index contributed by atoms with van der Waals surface area (Å²) in [5, 5.41) is 13.5. The van der Waals surface area contributed by atoms with E-state index in [1.807, 2.05) is 12.1 Å². The third-order valence-electron chi connectivity index (χ3n) is 7.74. The van der Waals surface area contributed by atoms with Gasteiger partial charge in [0.15, 0.2) is 17.3 Å². The van der Waals surface area contributed by atoms with Gasteiger partial charge in [0, 0.05) is 55.5 Å². The summed E-state index contributed by atoms with van der Waals surface area (Å²) in [5.41, 5.74) is 1.99. The number of ether oxygens (including phenoxy) is 3. The smallest absolute Gasteiger partial charge is 0.253 e. The molecule has 0 saturated carbocycles. The van der Waals surface area contributed by atoms with Crippen LogP contribution in [-0.4, -0.2) is 75.8 Å². The molecule has 0 aliphatic carbocycles. The normalized spacial score (nSPS) is 20.1. The standard InChI is InChI=1S/C27H28FN7O4/c28-18-3-5-19(6-4-18)33-7-9-34(10-8-33)25(26-30-31-32-35(26)15-20-2-1-11-37-20)21-12-17-13-23-24(39-16-38-23)14-22(17)29-27(21)36/h3-6,12-14,20,25H,1-2,7-11,15-16H2,(H,29,36). The minimum absolute atomic E-state index is 0.0397. The molecule has 4 aromatic rings. The molecule has 11 nitrogen and oxygen atoms in total. The average Bonchev–Trinajstić information content (AvgIpc) is 3.72. The molecular weight excluding hydrogens is 505 g/mol. The van der Waals surface area contributed by atoms with Gasteiger partial charge in [-0.25, -0.2) is 9.07 Å². The third kappa shape index (κ3) is 4.59. The Kier molecular flexibility index (Phi) is 6.12. The van der Waals surface area contributed by atoms with Gasteiger partial charge in [-0.05, 0) is 59.7 Å². The molecule has 2 saturated heterocycles. The Morgan fingerprint density at radius 3 is 2.62 bits per heavy atom. The van der Waals surface area contributed by atoms with Gasteiger partial charge in [0.05, 0.1) is 18.2 Å². The van der Waals surface area contributed by atoms with Crippen molar-refractivity contribution in [2.45, 2.75) is 31.5 Å². The van der Waals surface area contributed by atoms with E-state index in [9.17, 15) is 9.18 Å². The zero-order valence-corrected chi connectivity index (χ0v) is 21.3. The van der Waals surface area contributed by atoms with Crippen molar-refractivity contribution in [1.29, 1.82) is 0 Å². The van der Waals surface area contributed by atoms with Crippen LogP contribution in [-0.2, 0) is 11.3 Å². The number of aromatic nitrogens is 5. The summed E-state index contributed by atoms with van der Waals surface area (Å²) in [5.74, 6) is 1.60. The molecule has 2 fully saturated rings. The minimum Gasteiger partial charge on any atom is -0.454 e. The predicted molar refractivity (Wildman–Crippen MR) is 140 cm³/mol. The number of anilines is 1. The van der Waals surface area contributed by atoms with Crippen LogP contribution < -0.4 is 19.9 Å². The molecule has 0 amide bonds. The first kappa shape index (κ1) is 24.0. The number of rotatable bonds is 6. The minimum atomic E-state index is -0.477. The molecule has 3 aliphatic rings. The second-order valence-electron chi connectivity index (χ2n) is 10.1. The maximum Gasteiger partial charge on any atom is 0.253 e. The molecule has 1 N–H and O–H groups in total. The van der Waals surface area contributed by atoms with Gasteiger partial charge in [0.2, 0.25) is 6.79 Å². The molecule has 0 radical (unpaired) electrons. The molecule has 2 aromatic carbocycles. The molecule has 12 heteroatoms. The number of benzene rings is 2. The van der Waals surface area contributed by atoms with E-state index in [1.54, 1.807) is 22.9 Å². The summed E-state index contributed by atoms with van der Waals surface area (Å²) in [6.45, 7) is 4.15. The topological polar surface area (TPSA) is 111 Å². The number of tetrazole rings is 1. The van der Waals surface area contributed by atoms with Crippen molar-refractivity contribution in [3.8, 4) is 11.5 Å². The van der Waals surface area contributed by atoms with E-state index in [-0.39, 0.29) is 24.3 Å². The second kappa shape index (κ2) is 9.93. The van der Waals surface area contributed by atoms with E-state index in [1.165, 1.54) is 12.1 Å². The highest BCUT2D eigenvalue weighted by atomic mass is 19.1. The number of nitrogens with zero attached hydrogens (tertiary/aromatic N) is 6. The van der Waals surface area contributed by atoms with E-state index in [0.717, 1.165) is 30.5 Å². The number of hydrogen-bond donors (Lipinski definition) is 1. The van der Waals surface area contributed by atoms with Crippen LogP contribution in [0.5, 0.6) is 11.5 Å². The zero-order valence-electron chi connectivity index (χ0n) is 21.3. The predicted octanol–water partition coefficient (Wildman–Crippen LogP) is 2.47. The maximum absolute atomic E-state index is 13.6. The largest absolute Gasteiger partial charge is 0.454 e. The van der Waals surface area contributed by atoms with Gasteiger partial charge in [-0.1, -0.05) is 0 Å². The fraction of sp³-hybridized carbons (Fsp3) is 0.407. The highest BCUT2D eigenvalue weighted by molar-refractivity contribution is 5.83. The van der Waals surface area contributed by atoms with Crippen molar-refractivity contribution in [2.24, 2.45) is 0 Å². The van der Waals surface area contributed by atoms with Gasteiger partial charge in [0.25, 0.3) is 5.56 Å². The number of hydrogen-bond acceptors (Lipinski definition) is 9. The van der Waals surface area contributed by atoms with Crippen molar-refractivity contribution in [1.82, 2.24) is 30.1 Å². The van der Waals surface area contributed by atoms with E-state index in [0.29, 0.717) is 61.1 Å². The summed E-state index contributed by atoms with van der Waals surface area (Å²) in [6.07, 6.45) is 2.00. The van der Waals surface area contributed by atoms with E-state index in [4.69, 9.17) is 14.2 Å². The fourth-order valence-electron chi connectivity index (χ4n) is 5.72. The number of H-pyrrole nitrogens is 1. The third-order valence-corrected chi connectivity index (χ3v) is 7.74. The zero-order chi connectivity index (χ0) is 26.3. The van der Waals surface area contributed by atoms with Crippen LogP contribution in [0.2, 0.25) is 0 Å². The van der Waals surface area contributed by atoms with Crippen LogP contribution in [0.25, 0.3) is 10.9 Å². The van der Waals surface area contributed by atoms with Crippen LogP contribution in [0.1, 0.15) is 30.3 Å². The summed E-state index contributed by atoms with van der Waals surface area (Å²) in [6, 6.07) is 11.6. The van der Waals surface area contributed by atoms with Crippen LogP contribution in [0, 0.1) is 5.82 Å². The van der Waals surface area contributed by atoms with Crippen LogP contribution >= 0.6 is 0 Å². The fourth-order valence-corrected chi connectivity index (χ4v) is 5.72. The van der Waals surface area contributed by atoms with Crippen LogP contribution in [0.15, 0.2) is 47.3 Å². The Bertz CT molecular complexity index is 1540. The highest BCUT2D eigenvalue weighted by Crippen LogP contribution is 2.36. The number of halogens is 1. The maximum atomic E-state index is 13.6. The van der Waals surface area contributed by atoms with Crippen molar-refractivity contribution in [2.75, 3.05) is 44.5 Å². The Morgan fingerprint density at radius 1 is 1.05 bits per heavy atom. The number of aromatic amines is 1. The van der Waals surface area contributed by atoms with Gasteiger partial charge in [-0.2, -0.15) is 0 Å². The number of pyridine rings is 1. The summed E-state index contributed by atoms with van der Waals surface area (Å²) in [7, 11) is 0. The quantitative estimate of drug-likeness (QED) is 0.400. The van der Waals surface area contributed by atoms with Gasteiger partial charge in [-0.3, -0.25) is 9.69 Å². The first-order chi connectivity index (χ1) is 19.1. The number of fused-ring (bicyclic) bond motifs is 2. The summed E-state index contributed by atoms with van der Waals surface area (Å²) in [4.78, 5) is 21.1. The Balaban J connectivity index is 1.25.